The monoisotopic (exact) mass is 332 g/mol. The highest BCUT2D eigenvalue weighted by atomic mass is 19.4. The number of alkyl halides is 3. The van der Waals surface area contributed by atoms with Crippen LogP contribution in [0.15, 0.2) is 18.2 Å². The van der Waals surface area contributed by atoms with Crippen molar-refractivity contribution in [3.05, 3.63) is 23.8 Å². The van der Waals surface area contributed by atoms with Crippen LogP contribution in [0.1, 0.15) is 10.4 Å². The molecule has 128 valence electrons. The van der Waals surface area contributed by atoms with E-state index in [0.717, 1.165) is 0 Å². The van der Waals surface area contributed by atoms with Crippen molar-refractivity contribution in [2.45, 2.75) is 6.18 Å². The van der Waals surface area contributed by atoms with E-state index in [1.54, 1.807) is 18.2 Å². The van der Waals surface area contributed by atoms with Gasteiger partial charge in [0.15, 0.2) is 0 Å². The van der Waals surface area contributed by atoms with E-state index in [0.29, 0.717) is 17.1 Å². The van der Waals surface area contributed by atoms with Crippen LogP contribution in [0.2, 0.25) is 0 Å². The Hall–Kier alpha value is -1.96. The molecule has 1 aliphatic heterocycles. The molecule has 2 rings (SSSR count). The summed E-state index contributed by atoms with van der Waals surface area (Å²) in [4.78, 5) is 15.4. The molecule has 0 N–H and O–H groups in total. The number of methoxy groups -OCH3 is 2. The van der Waals surface area contributed by atoms with E-state index in [1.807, 2.05) is 0 Å². The van der Waals surface area contributed by atoms with Gasteiger partial charge in [0.2, 0.25) is 0 Å². The number of hydrogen-bond donors (Lipinski definition) is 0. The third-order valence-electron chi connectivity index (χ3n) is 3.70. The van der Waals surface area contributed by atoms with Crippen LogP contribution < -0.4 is 9.47 Å². The van der Waals surface area contributed by atoms with Crippen molar-refractivity contribution in [1.82, 2.24) is 9.80 Å². The van der Waals surface area contributed by atoms with Crippen molar-refractivity contribution in [3.8, 4) is 11.5 Å². The maximum absolute atomic E-state index is 12.5. The van der Waals surface area contributed by atoms with E-state index in [9.17, 15) is 18.0 Å². The molecule has 1 heterocycles. The zero-order chi connectivity index (χ0) is 17.0. The fourth-order valence-electron chi connectivity index (χ4n) is 2.51. The van der Waals surface area contributed by atoms with Crippen molar-refractivity contribution >= 4 is 5.91 Å². The van der Waals surface area contributed by atoms with Gasteiger partial charge < -0.3 is 14.4 Å². The highest BCUT2D eigenvalue weighted by molar-refractivity contribution is 5.97. The van der Waals surface area contributed by atoms with Gasteiger partial charge in [-0.15, -0.1) is 0 Å². The molecular weight excluding hydrogens is 313 g/mol. The summed E-state index contributed by atoms with van der Waals surface area (Å²) in [5, 5.41) is 0. The summed E-state index contributed by atoms with van der Waals surface area (Å²) in [6.07, 6.45) is -4.22. The van der Waals surface area contributed by atoms with Crippen LogP contribution in [0, 0.1) is 0 Å². The molecule has 0 saturated carbocycles. The van der Waals surface area contributed by atoms with Gasteiger partial charge in [-0.05, 0) is 12.1 Å². The van der Waals surface area contributed by atoms with Gasteiger partial charge in [-0.3, -0.25) is 9.69 Å². The quantitative estimate of drug-likeness (QED) is 0.846. The molecular formula is C15H19F3N2O3. The first-order valence-electron chi connectivity index (χ1n) is 7.14. The van der Waals surface area contributed by atoms with Gasteiger partial charge >= 0.3 is 6.18 Å². The van der Waals surface area contributed by atoms with E-state index >= 15 is 0 Å². The maximum atomic E-state index is 12.5. The predicted molar refractivity (Wildman–Crippen MR) is 77.9 cm³/mol. The first kappa shape index (κ1) is 17.4. The molecule has 0 unspecified atom stereocenters. The van der Waals surface area contributed by atoms with Crippen LogP contribution in [0.5, 0.6) is 11.5 Å². The van der Waals surface area contributed by atoms with Gasteiger partial charge in [0, 0.05) is 32.2 Å². The van der Waals surface area contributed by atoms with Gasteiger partial charge in [-0.1, -0.05) is 0 Å². The van der Waals surface area contributed by atoms with Gasteiger partial charge in [-0.2, -0.15) is 13.2 Å². The van der Waals surface area contributed by atoms with Gasteiger partial charge in [-0.25, -0.2) is 0 Å². The number of hydrogen-bond acceptors (Lipinski definition) is 4. The molecule has 0 bridgehead atoms. The predicted octanol–water partition coefficient (Wildman–Crippen LogP) is 2.02. The second-order valence-corrected chi connectivity index (χ2v) is 5.25. The molecule has 1 saturated heterocycles. The van der Waals surface area contributed by atoms with Gasteiger partial charge in [0.05, 0.1) is 26.3 Å². The highest BCUT2D eigenvalue weighted by Crippen LogP contribution is 2.26. The van der Waals surface area contributed by atoms with Crippen molar-refractivity contribution < 1.29 is 27.4 Å². The van der Waals surface area contributed by atoms with E-state index in [4.69, 9.17) is 9.47 Å². The smallest absolute Gasteiger partial charge is 0.401 e. The number of amides is 1. The average Bonchev–Trinajstić information content (AvgIpc) is 2.52. The summed E-state index contributed by atoms with van der Waals surface area (Å²) in [6, 6.07) is 4.85. The number of rotatable bonds is 4. The molecule has 1 amide bonds. The van der Waals surface area contributed by atoms with Crippen LogP contribution >= 0.6 is 0 Å². The second-order valence-electron chi connectivity index (χ2n) is 5.25. The summed E-state index contributed by atoms with van der Waals surface area (Å²) in [5.41, 5.74) is 0.373. The molecule has 0 atom stereocenters. The first-order valence-corrected chi connectivity index (χ1v) is 7.14. The maximum Gasteiger partial charge on any atom is 0.401 e. The molecule has 23 heavy (non-hydrogen) atoms. The molecule has 0 radical (unpaired) electrons. The van der Waals surface area contributed by atoms with E-state index in [1.165, 1.54) is 24.0 Å². The summed E-state index contributed by atoms with van der Waals surface area (Å²) in [7, 11) is 2.96. The number of carbonyl (C=O) groups is 1. The van der Waals surface area contributed by atoms with E-state index in [-0.39, 0.29) is 32.1 Å². The van der Waals surface area contributed by atoms with Gasteiger partial charge in [0.25, 0.3) is 5.91 Å². The minimum absolute atomic E-state index is 0.198. The van der Waals surface area contributed by atoms with Crippen LogP contribution in [0.4, 0.5) is 13.2 Å². The second kappa shape index (κ2) is 7.08. The van der Waals surface area contributed by atoms with Gasteiger partial charge in [0.1, 0.15) is 11.5 Å². The Bertz CT molecular complexity index is 555. The molecule has 1 aliphatic rings. The molecule has 1 aromatic rings. The van der Waals surface area contributed by atoms with Crippen molar-refractivity contribution in [3.63, 3.8) is 0 Å². The SMILES string of the molecule is COc1ccc(C(=O)N2CCN(CC(F)(F)F)CC2)c(OC)c1. The Morgan fingerprint density at radius 1 is 1.13 bits per heavy atom. The molecule has 0 spiro atoms. The number of benzene rings is 1. The van der Waals surface area contributed by atoms with Crippen LogP contribution in [-0.2, 0) is 0 Å². The third kappa shape index (κ3) is 4.51. The Morgan fingerprint density at radius 3 is 2.30 bits per heavy atom. The largest absolute Gasteiger partial charge is 0.497 e. The Labute approximate surface area is 132 Å². The Morgan fingerprint density at radius 2 is 1.78 bits per heavy atom. The standard InChI is InChI=1S/C15H19F3N2O3/c1-22-11-3-4-12(13(9-11)23-2)14(21)20-7-5-19(6-8-20)10-15(16,17)18/h3-4,9H,5-8,10H2,1-2H3. The molecule has 0 aromatic heterocycles. The normalized spacial score (nSPS) is 16.3. The number of ether oxygens (including phenoxy) is 2. The topological polar surface area (TPSA) is 42.0 Å². The lowest BCUT2D eigenvalue weighted by molar-refractivity contribution is -0.148. The van der Waals surface area contributed by atoms with Crippen LogP contribution in [0.25, 0.3) is 0 Å². The zero-order valence-corrected chi connectivity index (χ0v) is 13.0. The average molecular weight is 332 g/mol. The highest BCUT2D eigenvalue weighted by Gasteiger charge is 2.33. The summed E-state index contributed by atoms with van der Waals surface area (Å²) in [5.74, 6) is 0.691. The van der Waals surface area contributed by atoms with Crippen molar-refractivity contribution in [1.29, 1.82) is 0 Å². The Kier molecular flexibility index (Phi) is 5.35. The molecule has 5 nitrogen and oxygen atoms in total. The summed E-state index contributed by atoms with van der Waals surface area (Å²) >= 11 is 0. The molecule has 1 aromatic carbocycles. The number of piperazine rings is 1. The lowest BCUT2D eigenvalue weighted by Gasteiger charge is -2.35. The minimum atomic E-state index is -4.22. The molecule has 1 fully saturated rings. The molecule has 0 aliphatic carbocycles. The zero-order valence-electron chi connectivity index (χ0n) is 13.0. The first-order chi connectivity index (χ1) is 10.8. The fourth-order valence-corrected chi connectivity index (χ4v) is 2.51. The van der Waals surface area contributed by atoms with Crippen molar-refractivity contribution in [2.75, 3.05) is 46.9 Å². The lowest BCUT2D eigenvalue weighted by atomic mass is 10.1. The van der Waals surface area contributed by atoms with E-state index in [2.05, 4.69) is 0 Å². The number of carbonyl (C=O) groups excluding carboxylic acids is 1. The van der Waals surface area contributed by atoms with Crippen LogP contribution in [-0.4, -0.2) is 68.8 Å². The number of halogens is 3. The lowest BCUT2D eigenvalue weighted by Crippen LogP contribution is -2.50. The minimum Gasteiger partial charge on any atom is -0.497 e. The number of nitrogens with zero attached hydrogens (tertiary/aromatic N) is 2. The summed E-state index contributed by atoms with van der Waals surface area (Å²) in [6.45, 7) is -0.0392. The van der Waals surface area contributed by atoms with Crippen molar-refractivity contribution in [2.24, 2.45) is 0 Å². The van der Waals surface area contributed by atoms with Crippen LogP contribution in [0.3, 0.4) is 0 Å². The van der Waals surface area contributed by atoms with E-state index < -0.39 is 12.7 Å². The third-order valence-corrected chi connectivity index (χ3v) is 3.70. The fraction of sp³-hybridized carbons (Fsp3) is 0.533. The Balaban J connectivity index is 2.02. The summed E-state index contributed by atoms with van der Waals surface area (Å²) < 4.78 is 47.4. The molecule has 8 heteroatoms.